The van der Waals surface area contributed by atoms with E-state index in [9.17, 15) is 23.6 Å². The van der Waals surface area contributed by atoms with Gasteiger partial charge in [-0.15, -0.1) is 11.3 Å². The normalized spacial score (nSPS) is 14.8. The molecule has 3 rings (SSSR count). The Bertz CT molecular complexity index is 1310. The minimum Gasteiger partial charge on any atom is -0.455 e. The van der Waals surface area contributed by atoms with Gasteiger partial charge in [-0.25, -0.2) is 23.7 Å². The molecule has 216 valence electrons. The first-order valence-corrected chi connectivity index (χ1v) is 13.5. The molecule has 0 radical (unpaired) electrons. The number of rotatable bonds is 10. The second-order valence-electron chi connectivity index (χ2n) is 9.65. The summed E-state index contributed by atoms with van der Waals surface area (Å²) >= 11 is 7.08. The SMILES string of the molecule is CC(C)(C)OC(=O)N[C@@H](CCCCN)C(=O)OCO/C(=C1/C(=O)N(C(N)=O)c2cc(Cl)c(F)cc21)c1cccs1. The quantitative estimate of drug-likeness (QED) is 0.120. The molecule has 1 atom stereocenters. The summed E-state index contributed by atoms with van der Waals surface area (Å²) in [5, 5.41) is 3.89. The maximum absolute atomic E-state index is 14.4. The molecule has 1 aromatic carbocycles. The molecule has 0 unspecified atom stereocenters. The number of amides is 4. The van der Waals surface area contributed by atoms with Crippen LogP contribution in [0.5, 0.6) is 0 Å². The van der Waals surface area contributed by atoms with Crippen molar-refractivity contribution >= 4 is 64.0 Å². The summed E-state index contributed by atoms with van der Waals surface area (Å²) in [6, 6.07) is 3.26. The van der Waals surface area contributed by atoms with Gasteiger partial charge in [0.25, 0.3) is 5.91 Å². The molecule has 40 heavy (non-hydrogen) atoms. The van der Waals surface area contributed by atoms with E-state index < -0.39 is 48.3 Å². The number of nitrogens with two attached hydrogens (primary N) is 2. The fraction of sp³-hybridized carbons (Fsp3) is 0.385. The lowest BCUT2D eigenvalue weighted by atomic mass is 10.0. The highest BCUT2D eigenvalue weighted by Gasteiger charge is 2.40. The van der Waals surface area contributed by atoms with Crippen LogP contribution in [0.3, 0.4) is 0 Å². The van der Waals surface area contributed by atoms with E-state index in [1.165, 1.54) is 11.3 Å². The molecule has 11 nitrogen and oxygen atoms in total. The highest BCUT2D eigenvalue weighted by Crippen LogP contribution is 2.43. The number of esters is 1. The van der Waals surface area contributed by atoms with Gasteiger partial charge >= 0.3 is 18.1 Å². The summed E-state index contributed by atoms with van der Waals surface area (Å²) in [4.78, 5) is 51.7. The lowest BCUT2D eigenvalue weighted by Gasteiger charge is -2.23. The molecule has 0 bridgehead atoms. The lowest BCUT2D eigenvalue weighted by Crippen LogP contribution is -2.44. The maximum atomic E-state index is 14.4. The van der Waals surface area contributed by atoms with E-state index in [4.69, 9.17) is 37.3 Å². The number of nitrogens with one attached hydrogen (secondary N) is 1. The second-order valence-corrected chi connectivity index (χ2v) is 11.0. The van der Waals surface area contributed by atoms with Gasteiger partial charge in [0.15, 0.2) is 5.76 Å². The van der Waals surface area contributed by atoms with Crippen LogP contribution in [0.1, 0.15) is 50.5 Å². The zero-order chi connectivity index (χ0) is 29.6. The summed E-state index contributed by atoms with van der Waals surface area (Å²) in [5.74, 6) is -2.58. The van der Waals surface area contributed by atoms with Crippen LogP contribution in [0.4, 0.5) is 19.7 Å². The number of imide groups is 1. The molecule has 0 saturated heterocycles. The monoisotopic (exact) mass is 596 g/mol. The number of hydrogen-bond acceptors (Lipinski definition) is 9. The zero-order valence-corrected chi connectivity index (χ0v) is 23.7. The summed E-state index contributed by atoms with van der Waals surface area (Å²) in [6.45, 7) is 4.78. The van der Waals surface area contributed by atoms with Gasteiger partial charge in [0.2, 0.25) is 6.79 Å². The average Bonchev–Trinajstić information content (AvgIpc) is 3.47. The van der Waals surface area contributed by atoms with Crippen molar-refractivity contribution in [1.29, 1.82) is 0 Å². The number of unbranched alkanes of at least 4 members (excludes halogenated alkanes) is 1. The van der Waals surface area contributed by atoms with Crippen LogP contribution in [-0.2, 0) is 23.8 Å². The Morgan fingerprint density at radius 1 is 1.20 bits per heavy atom. The molecule has 14 heteroatoms. The predicted octanol–water partition coefficient (Wildman–Crippen LogP) is 4.37. The van der Waals surface area contributed by atoms with Crippen molar-refractivity contribution in [3.05, 3.63) is 50.9 Å². The van der Waals surface area contributed by atoms with E-state index in [-0.39, 0.29) is 34.0 Å². The van der Waals surface area contributed by atoms with Crippen molar-refractivity contribution in [3.8, 4) is 0 Å². The molecular weight excluding hydrogens is 567 g/mol. The summed E-state index contributed by atoms with van der Waals surface area (Å²) < 4.78 is 30.7. The third-order valence-electron chi connectivity index (χ3n) is 5.49. The second kappa shape index (κ2) is 13.1. The van der Waals surface area contributed by atoms with Crippen molar-refractivity contribution in [2.24, 2.45) is 11.5 Å². The van der Waals surface area contributed by atoms with Gasteiger partial charge in [-0.2, -0.15) is 0 Å². The summed E-state index contributed by atoms with van der Waals surface area (Å²) in [6.07, 6.45) is 0.571. The first kappa shape index (κ1) is 30.9. The molecular formula is C26H30ClFN4O7S. The number of carbonyl (C=O) groups is 4. The maximum Gasteiger partial charge on any atom is 0.408 e. The molecule has 0 saturated carbocycles. The van der Waals surface area contributed by atoms with E-state index in [1.54, 1.807) is 38.3 Å². The Morgan fingerprint density at radius 3 is 2.52 bits per heavy atom. The van der Waals surface area contributed by atoms with Gasteiger partial charge in [0.05, 0.1) is 21.2 Å². The van der Waals surface area contributed by atoms with E-state index in [2.05, 4.69) is 5.32 Å². The molecule has 2 aromatic rings. The number of anilines is 1. The number of hydrogen-bond donors (Lipinski definition) is 3. The average molecular weight is 597 g/mol. The van der Waals surface area contributed by atoms with Gasteiger partial charge in [-0.1, -0.05) is 17.7 Å². The van der Waals surface area contributed by atoms with Crippen LogP contribution in [0, 0.1) is 5.82 Å². The first-order chi connectivity index (χ1) is 18.8. The topological polar surface area (TPSA) is 163 Å². The van der Waals surface area contributed by atoms with Crippen LogP contribution in [0.2, 0.25) is 5.02 Å². The van der Waals surface area contributed by atoms with Crippen molar-refractivity contribution in [1.82, 2.24) is 5.32 Å². The highest BCUT2D eigenvalue weighted by molar-refractivity contribution is 7.11. The van der Waals surface area contributed by atoms with Gasteiger partial charge < -0.3 is 31.0 Å². The number of urea groups is 1. The summed E-state index contributed by atoms with van der Waals surface area (Å²) in [5.41, 5.74) is 10.0. The number of fused-ring (bicyclic) bond motifs is 1. The van der Waals surface area contributed by atoms with Crippen molar-refractivity contribution in [2.75, 3.05) is 18.2 Å². The van der Waals surface area contributed by atoms with Gasteiger partial charge in [-0.3, -0.25) is 4.79 Å². The van der Waals surface area contributed by atoms with E-state index in [0.29, 0.717) is 29.2 Å². The number of halogens is 2. The third kappa shape index (κ3) is 7.49. The minimum atomic E-state index is -1.10. The number of carbonyl (C=O) groups excluding carboxylic acids is 4. The number of primary amides is 1. The Kier molecular flexibility index (Phi) is 10.1. The number of nitrogens with zero attached hydrogens (tertiary/aromatic N) is 1. The Labute approximate surface area is 239 Å². The largest absolute Gasteiger partial charge is 0.455 e. The van der Waals surface area contributed by atoms with Crippen molar-refractivity contribution in [3.63, 3.8) is 0 Å². The Hall–Kier alpha value is -3.68. The standard InChI is InChI=1S/C26H30ClFN4O7S/c1-26(2,3)39-25(36)31-17(7-4-5-9-29)23(34)38-13-37-21(19-8-6-10-40-19)20-14-11-16(28)15(27)12-18(14)32(22(20)33)24(30)35/h6,8,10-12,17H,4-5,7,9,13,29H2,1-3H3,(H2,30,35)(H,31,36)/b21-20+/t17-/m0/s1. The molecule has 5 N–H and O–H groups in total. The Morgan fingerprint density at radius 2 is 1.93 bits per heavy atom. The number of ether oxygens (including phenoxy) is 3. The Balaban J connectivity index is 1.87. The van der Waals surface area contributed by atoms with E-state index in [1.807, 2.05) is 0 Å². The lowest BCUT2D eigenvalue weighted by molar-refractivity contribution is -0.154. The van der Waals surface area contributed by atoms with Crippen molar-refractivity contribution < 1.29 is 37.8 Å². The molecule has 0 aliphatic carbocycles. The zero-order valence-electron chi connectivity index (χ0n) is 22.1. The van der Waals surface area contributed by atoms with E-state index >= 15 is 0 Å². The van der Waals surface area contributed by atoms with E-state index in [0.717, 1.165) is 12.1 Å². The molecule has 1 aromatic heterocycles. The number of thiophene rings is 1. The molecule has 4 amide bonds. The van der Waals surface area contributed by atoms with Crippen LogP contribution >= 0.6 is 22.9 Å². The molecule has 0 fully saturated rings. The first-order valence-electron chi connectivity index (χ1n) is 12.2. The fourth-order valence-corrected chi connectivity index (χ4v) is 4.70. The third-order valence-corrected chi connectivity index (χ3v) is 6.64. The highest BCUT2D eigenvalue weighted by atomic mass is 35.5. The molecule has 1 aliphatic heterocycles. The molecule has 2 heterocycles. The van der Waals surface area contributed by atoms with Crippen LogP contribution < -0.4 is 21.7 Å². The van der Waals surface area contributed by atoms with Crippen LogP contribution in [0.15, 0.2) is 29.6 Å². The minimum absolute atomic E-state index is 0.0184. The van der Waals surface area contributed by atoms with Gasteiger partial charge in [-0.05, 0) is 70.2 Å². The summed E-state index contributed by atoms with van der Waals surface area (Å²) in [7, 11) is 0. The van der Waals surface area contributed by atoms with Gasteiger partial charge in [0, 0.05) is 5.56 Å². The molecule has 1 aliphatic rings. The predicted molar refractivity (Wildman–Crippen MR) is 148 cm³/mol. The number of alkyl carbamates (subject to hydrolysis) is 1. The van der Waals surface area contributed by atoms with Gasteiger partial charge in [0.1, 0.15) is 17.5 Å². The fourth-order valence-electron chi connectivity index (χ4n) is 3.81. The molecule has 0 spiro atoms. The van der Waals surface area contributed by atoms with Crippen LogP contribution in [-0.4, -0.2) is 49.0 Å². The number of benzene rings is 1. The van der Waals surface area contributed by atoms with Crippen molar-refractivity contribution in [2.45, 2.75) is 51.7 Å². The smallest absolute Gasteiger partial charge is 0.408 e. The van der Waals surface area contributed by atoms with Crippen LogP contribution in [0.25, 0.3) is 11.3 Å².